The zero-order chi connectivity index (χ0) is 22.8. The van der Waals surface area contributed by atoms with Gasteiger partial charge in [-0.05, 0) is 50.2 Å². The summed E-state index contributed by atoms with van der Waals surface area (Å²) in [5.41, 5.74) is 7.30. The Balaban J connectivity index is 1.98. The molecule has 0 spiro atoms. The first kappa shape index (κ1) is 22.1. The second kappa shape index (κ2) is 8.62. The zero-order valence-corrected chi connectivity index (χ0v) is 16.9. The molecule has 0 aliphatic rings. The standard InChI is InChI=1S/C22H18F3N3O3/c1-12-16(9-6-14-4-7-15(8-5-14)22(23,24)25)20(28-13(2)27-12)19(26)17-10-11-18(31-17)21(29)30-3/h4-5,7-8,10-11,19H,26H2,1-3H3. The van der Waals surface area contributed by atoms with E-state index in [1.54, 1.807) is 13.8 Å². The minimum Gasteiger partial charge on any atom is -0.463 e. The van der Waals surface area contributed by atoms with Gasteiger partial charge in [0.2, 0.25) is 5.76 Å². The van der Waals surface area contributed by atoms with Crippen LogP contribution >= 0.6 is 0 Å². The molecule has 9 heteroatoms. The SMILES string of the molecule is COC(=O)c1ccc(C(N)c2nc(C)nc(C)c2C#Cc2ccc(C(F)(F)F)cc2)o1. The maximum absolute atomic E-state index is 12.7. The molecule has 0 aliphatic carbocycles. The van der Waals surface area contributed by atoms with E-state index >= 15 is 0 Å². The summed E-state index contributed by atoms with van der Waals surface area (Å²) in [7, 11) is 1.23. The summed E-state index contributed by atoms with van der Waals surface area (Å²) in [6, 6.07) is 6.63. The molecule has 31 heavy (non-hydrogen) atoms. The first-order valence-corrected chi connectivity index (χ1v) is 9.08. The third-order valence-electron chi connectivity index (χ3n) is 4.39. The number of hydrogen-bond donors (Lipinski definition) is 1. The van der Waals surface area contributed by atoms with Crippen molar-refractivity contribution < 1.29 is 27.1 Å². The van der Waals surface area contributed by atoms with Gasteiger partial charge in [0.1, 0.15) is 17.6 Å². The van der Waals surface area contributed by atoms with Gasteiger partial charge < -0.3 is 14.9 Å². The van der Waals surface area contributed by atoms with Crippen LogP contribution in [-0.4, -0.2) is 23.0 Å². The Kier molecular flexibility index (Phi) is 6.13. The number of methoxy groups -OCH3 is 1. The van der Waals surface area contributed by atoms with E-state index in [0.717, 1.165) is 12.1 Å². The average molecular weight is 429 g/mol. The summed E-state index contributed by atoms with van der Waals surface area (Å²) in [6.45, 7) is 3.42. The van der Waals surface area contributed by atoms with Crippen LogP contribution in [0.3, 0.4) is 0 Å². The molecule has 0 saturated carbocycles. The maximum atomic E-state index is 12.7. The van der Waals surface area contributed by atoms with Crippen LogP contribution in [0.2, 0.25) is 0 Å². The van der Waals surface area contributed by atoms with Crippen molar-refractivity contribution in [3.05, 3.63) is 81.8 Å². The fourth-order valence-corrected chi connectivity index (χ4v) is 2.86. The molecule has 1 unspecified atom stereocenters. The molecular formula is C22H18F3N3O3. The molecule has 2 aromatic heterocycles. The number of halogens is 3. The zero-order valence-electron chi connectivity index (χ0n) is 16.9. The van der Waals surface area contributed by atoms with Gasteiger partial charge >= 0.3 is 12.1 Å². The monoisotopic (exact) mass is 429 g/mol. The summed E-state index contributed by atoms with van der Waals surface area (Å²) in [5, 5.41) is 0. The molecule has 2 heterocycles. The van der Waals surface area contributed by atoms with Gasteiger partial charge in [-0.15, -0.1) is 0 Å². The highest BCUT2D eigenvalue weighted by Crippen LogP contribution is 2.29. The van der Waals surface area contributed by atoms with E-state index in [1.807, 2.05) is 0 Å². The number of carbonyl (C=O) groups excluding carboxylic acids is 1. The van der Waals surface area contributed by atoms with E-state index < -0.39 is 23.8 Å². The maximum Gasteiger partial charge on any atom is 0.416 e. The van der Waals surface area contributed by atoms with Crippen molar-refractivity contribution in [1.82, 2.24) is 9.97 Å². The minimum absolute atomic E-state index is 0.00663. The van der Waals surface area contributed by atoms with Crippen molar-refractivity contribution in [3.8, 4) is 11.8 Å². The molecule has 0 radical (unpaired) electrons. The summed E-state index contributed by atoms with van der Waals surface area (Å²) < 4.78 is 48.3. The largest absolute Gasteiger partial charge is 0.463 e. The summed E-state index contributed by atoms with van der Waals surface area (Å²) >= 11 is 0. The lowest BCUT2D eigenvalue weighted by atomic mass is 10.0. The van der Waals surface area contributed by atoms with Gasteiger partial charge in [-0.1, -0.05) is 11.8 Å². The highest BCUT2D eigenvalue weighted by molar-refractivity contribution is 5.86. The van der Waals surface area contributed by atoms with E-state index in [1.165, 1.54) is 31.4 Å². The minimum atomic E-state index is -4.42. The summed E-state index contributed by atoms with van der Waals surface area (Å²) in [6.07, 6.45) is -4.42. The Labute approximate surface area is 176 Å². The van der Waals surface area contributed by atoms with Crippen molar-refractivity contribution in [2.24, 2.45) is 5.73 Å². The van der Waals surface area contributed by atoms with Crippen LogP contribution in [0.15, 0.2) is 40.8 Å². The molecular weight excluding hydrogens is 411 g/mol. The van der Waals surface area contributed by atoms with E-state index in [4.69, 9.17) is 10.2 Å². The number of rotatable bonds is 3. The molecule has 1 aromatic carbocycles. The summed E-state index contributed by atoms with van der Waals surface area (Å²) in [5.74, 6) is 5.81. The molecule has 1 atom stereocenters. The highest BCUT2D eigenvalue weighted by Gasteiger charge is 2.29. The smallest absolute Gasteiger partial charge is 0.416 e. The van der Waals surface area contributed by atoms with Crippen LogP contribution in [-0.2, 0) is 10.9 Å². The predicted octanol–water partition coefficient (Wildman–Crippen LogP) is 3.94. The third kappa shape index (κ3) is 4.92. The number of esters is 1. The van der Waals surface area contributed by atoms with E-state index in [2.05, 4.69) is 26.5 Å². The van der Waals surface area contributed by atoms with Gasteiger partial charge in [0.25, 0.3) is 0 Å². The number of furan rings is 1. The van der Waals surface area contributed by atoms with Crippen LogP contribution in [0, 0.1) is 25.7 Å². The molecule has 0 saturated heterocycles. The quantitative estimate of drug-likeness (QED) is 0.501. The predicted molar refractivity (Wildman–Crippen MR) is 105 cm³/mol. The number of benzene rings is 1. The average Bonchev–Trinajstić information content (AvgIpc) is 3.21. The van der Waals surface area contributed by atoms with Gasteiger partial charge in [0.05, 0.1) is 29.6 Å². The molecule has 0 bridgehead atoms. The molecule has 0 aliphatic heterocycles. The molecule has 6 nitrogen and oxygen atoms in total. The third-order valence-corrected chi connectivity index (χ3v) is 4.39. The van der Waals surface area contributed by atoms with Gasteiger partial charge in [0, 0.05) is 5.56 Å². The van der Waals surface area contributed by atoms with Gasteiger partial charge in [-0.25, -0.2) is 14.8 Å². The number of nitrogens with two attached hydrogens (primary N) is 1. The van der Waals surface area contributed by atoms with Crippen LogP contribution in [0.4, 0.5) is 13.2 Å². The molecule has 2 N–H and O–H groups in total. The Bertz CT molecular complexity index is 1170. The van der Waals surface area contributed by atoms with E-state index in [9.17, 15) is 18.0 Å². The lowest BCUT2D eigenvalue weighted by Gasteiger charge is -2.13. The summed E-state index contributed by atoms with van der Waals surface area (Å²) in [4.78, 5) is 20.3. The fourth-order valence-electron chi connectivity index (χ4n) is 2.86. The van der Waals surface area contributed by atoms with E-state index in [0.29, 0.717) is 28.3 Å². The number of hydrogen-bond acceptors (Lipinski definition) is 6. The number of carbonyl (C=O) groups is 1. The van der Waals surface area contributed by atoms with Crippen LogP contribution in [0.1, 0.15) is 56.3 Å². The number of aromatic nitrogens is 2. The van der Waals surface area contributed by atoms with Crippen LogP contribution in [0.25, 0.3) is 0 Å². The van der Waals surface area contributed by atoms with Gasteiger partial charge in [-0.2, -0.15) is 13.2 Å². The number of aryl methyl sites for hydroxylation is 2. The fraction of sp³-hybridized carbons (Fsp3) is 0.227. The normalized spacial score (nSPS) is 12.1. The van der Waals surface area contributed by atoms with Crippen molar-refractivity contribution in [1.29, 1.82) is 0 Å². The first-order valence-electron chi connectivity index (χ1n) is 9.08. The highest BCUT2D eigenvalue weighted by atomic mass is 19.4. The topological polar surface area (TPSA) is 91.2 Å². The van der Waals surface area contributed by atoms with E-state index in [-0.39, 0.29) is 11.5 Å². The second-order valence-electron chi connectivity index (χ2n) is 6.61. The molecule has 0 amide bonds. The van der Waals surface area contributed by atoms with Crippen molar-refractivity contribution >= 4 is 5.97 Å². The molecule has 3 aromatic rings. The lowest BCUT2D eigenvalue weighted by Crippen LogP contribution is -2.17. The van der Waals surface area contributed by atoms with Crippen LogP contribution in [0.5, 0.6) is 0 Å². The van der Waals surface area contributed by atoms with Crippen LogP contribution < -0.4 is 5.73 Å². The van der Waals surface area contributed by atoms with Gasteiger partial charge in [0.15, 0.2) is 0 Å². The number of ether oxygens (including phenoxy) is 1. The number of nitrogens with zero attached hydrogens (tertiary/aromatic N) is 2. The first-order chi connectivity index (χ1) is 14.6. The Hall–Kier alpha value is -3.64. The second-order valence-corrected chi connectivity index (χ2v) is 6.61. The number of alkyl halides is 3. The van der Waals surface area contributed by atoms with Crippen molar-refractivity contribution in [3.63, 3.8) is 0 Å². The Morgan fingerprint density at radius 2 is 1.77 bits per heavy atom. The lowest BCUT2D eigenvalue weighted by molar-refractivity contribution is -0.137. The Morgan fingerprint density at radius 3 is 2.39 bits per heavy atom. The molecule has 3 rings (SSSR count). The van der Waals surface area contributed by atoms with Gasteiger partial charge in [-0.3, -0.25) is 0 Å². The van der Waals surface area contributed by atoms with Crippen molar-refractivity contribution in [2.75, 3.05) is 7.11 Å². The van der Waals surface area contributed by atoms with Crippen molar-refractivity contribution in [2.45, 2.75) is 26.1 Å². The Morgan fingerprint density at radius 1 is 1.10 bits per heavy atom. The molecule has 160 valence electrons. The molecule has 0 fully saturated rings.